The van der Waals surface area contributed by atoms with Crippen LogP contribution in [0.4, 0.5) is 0 Å². The summed E-state index contributed by atoms with van der Waals surface area (Å²) in [4.78, 5) is 17.7. The van der Waals surface area contributed by atoms with Crippen LogP contribution in [-0.4, -0.2) is 59.7 Å². The van der Waals surface area contributed by atoms with Crippen LogP contribution in [0.5, 0.6) is 5.75 Å². The Morgan fingerprint density at radius 3 is 2.81 bits per heavy atom. The summed E-state index contributed by atoms with van der Waals surface area (Å²) in [7, 11) is 0. The minimum Gasteiger partial charge on any atom is -0.494 e. The summed E-state index contributed by atoms with van der Waals surface area (Å²) in [6, 6.07) is 10.9. The molecule has 2 bridgehead atoms. The fourth-order valence-corrected chi connectivity index (χ4v) is 4.64. The molecule has 0 radical (unpaired) electrons. The summed E-state index contributed by atoms with van der Waals surface area (Å²) in [6.07, 6.45) is 6.79. The van der Waals surface area contributed by atoms with Crippen molar-refractivity contribution in [3.8, 4) is 5.75 Å². The molecule has 2 aromatic rings. The summed E-state index contributed by atoms with van der Waals surface area (Å²) in [6.45, 7) is 8.07. The van der Waals surface area contributed by atoms with Gasteiger partial charge in [-0.15, -0.1) is 0 Å². The lowest BCUT2D eigenvalue weighted by Gasteiger charge is -2.37. The van der Waals surface area contributed by atoms with E-state index in [2.05, 4.69) is 28.3 Å². The second-order valence-corrected chi connectivity index (χ2v) is 9.14. The Morgan fingerprint density at radius 2 is 1.97 bits per heavy atom. The van der Waals surface area contributed by atoms with Crippen molar-refractivity contribution in [1.82, 2.24) is 15.0 Å². The molecule has 1 atom stereocenters. The van der Waals surface area contributed by atoms with Gasteiger partial charge in [-0.1, -0.05) is 37.6 Å². The number of carbonyl (C=O) groups is 1. The van der Waals surface area contributed by atoms with Crippen LogP contribution in [0.2, 0.25) is 0 Å². The van der Waals surface area contributed by atoms with Gasteiger partial charge in [0.05, 0.1) is 6.61 Å². The molecule has 0 spiro atoms. The maximum atomic E-state index is 13.2. The van der Waals surface area contributed by atoms with Crippen molar-refractivity contribution in [2.45, 2.75) is 64.3 Å². The summed E-state index contributed by atoms with van der Waals surface area (Å²) in [5, 5.41) is 4.06. The van der Waals surface area contributed by atoms with Crippen LogP contribution >= 0.6 is 0 Å². The molecule has 168 valence electrons. The van der Waals surface area contributed by atoms with Gasteiger partial charge in [-0.25, -0.2) is 0 Å². The highest BCUT2D eigenvalue weighted by Gasteiger charge is 2.25. The number of aromatic nitrogens is 1. The third kappa shape index (κ3) is 5.67. The molecular formula is C25H35N3O3. The number of hydrogen-bond acceptors (Lipinski definition) is 5. The molecule has 3 heterocycles. The lowest BCUT2D eigenvalue weighted by Crippen LogP contribution is -2.45. The van der Waals surface area contributed by atoms with Crippen molar-refractivity contribution in [3.05, 3.63) is 47.3 Å². The van der Waals surface area contributed by atoms with E-state index in [9.17, 15) is 4.79 Å². The Hall–Kier alpha value is -2.34. The van der Waals surface area contributed by atoms with Crippen molar-refractivity contribution in [2.24, 2.45) is 0 Å². The van der Waals surface area contributed by atoms with Crippen molar-refractivity contribution < 1.29 is 14.1 Å². The second kappa shape index (κ2) is 10.3. The first-order chi connectivity index (χ1) is 15.1. The van der Waals surface area contributed by atoms with E-state index >= 15 is 0 Å². The minimum absolute atomic E-state index is 0.0432. The lowest BCUT2D eigenvalue weighted by atomic mass is 9.95. The molecule has 4 rings (SSSR count). The van der Waals surface area contributed by atoms with Gasteiger partial charge in [0, 0.05) is 37.7 Å². The van der Waals surface area contributed by atoms with Crippen molar-refractivity contribution >= 4 is 5.91 Å². The number of ether oxygens (including phenoxy) is 1. The topological polar surface area (TPSA) is 58.8 Å². The van der Waals surface area contributed by atoms with Gasteiger partial charge >= 0.3 is 0 Å². The molecule has 0 aliphatic carbocycles. The van der Waals surface area contributed by atoms with Crippen LogP contribution in [0.1, 0.15) is 73.7 Å². The van der Waals surface area contributed by atoms with E-state index in [-0.39, 0.29) is 11.8 Å². The number of amides is 1. The first-order valence-corrected chi connectivity index (χ1v) is 11.8. The molecule has 6 heteroatoms. The molecule has 6 nitrogen and oxygen atoms in total. The lowest BCUT2D eigenvalue weighted by molar-refractivity contribution is 0.0673. The fourth-order valence-electron chi connectivity index (χ4n) is 4.64. The summed E-state index contributed by atoms with van der Waals surface area (Å²) < 4.78 is 11.4. The maximum Gasteiger partial charge on any atom is 0.276 e. The average Bonchev–Trinajstić information content (AvgIpc) is 3.28. The number of piperidine rings is 1. The Kier molecular flexibility index (Phi) is 7.28. The zero-order valence-corrected chi connectivity index (χ0v) is 18.9. The predicted octanol–water partition coefficient (Wildman–Crippen LogP) is 4.51. The van der Waals surface area contributed by atoms with Gasteiger partial charge in [0.15, 0.2) is 5.69 Å². The van der Waals surface area contributed by atoms with Crippen molar-refractivity contribution in [3.63, 3.8) is 0 Å². The van der Waals surface area contributed by atoms with Gasteiger partial charge in [-0.2, -0.15) is 0 Å². The fraction of sp³-hybridized carbons (Fsp3) is 0.600. The number of rotatable bonds is 2. The normalized spacial score (nSPS) is 21.3. The Labute approximate surface area is 185 Å². The molecule has 1 saturated heterocycles. The molecule has 0 saturated carbocycles. The highest BCUT2D eigenvalue weighted by Crippen LogP contribution is 2.23. The highest BCUT2D eigenvalue weighted by atomic mass is 16.5. The van der Waals surface area contributed by atoms with Crippen LogP contribution < -0.4 is 4.74 Å². The molecule has 31 heavy (non-hydrogen) atoms. The first-order valence-electron chi connectivity index (χ1n) is 11.8. The minimum atomic E-state index is -0.0432. The van der Waals surface area contributed by atoms with Gasteiger partial charge in [0.2, 0.25) is 0 Å². The third-order valence-electron chi connectivity index (χ3n) is 6.52. The van der Waals surface area contributed by atoms with E-state index in [0.717, 1.165) is 43.9 Å². The van der Waals surface area contributed by atoms with E-state index in [1.165, 1.54) is 24.8 Å². The van der Waals surface area contributed by atoms with E-state index < -0.39 is 0 Å². The smallest absolute Gasteiger partial charge is 0.276 e. The SMILES string of the molecule is CC(C)c1cc(C(=O)N2CCCOc3cccc(c3)CCC3CCCCN3CC2)no1. The number of carbonyl (C=O) groups excluding carboxylic acids is 1. The Bertz CT molecular complexity index is 863. The van der Waals surface area contributed by atoms with Crippen LogP contribution in [-0.2, 0) is 6.42 Å². The van der Waals surface area contributed by atoms with E-state index in [0.29, 0.717) is 31.4 Å². The predicted molar refractivity (Wildman–Crippen MR) is 121 cm³/mol. The summed E-state index contributed by atoms with van der Waals surface area (Å²) in [5.41, 5.74) is 1.76. The molecule has 1 fully saturated rings. The molecular weight excluding hydrogens is 390 g/mol. The van der Waals surface area contributed by atoms with Gasteiger partial charge in [0.1, 0.15) is 11.5 Å². The number of aryl methyl sites for hydroxylation is 1. The zero-order valence-electron chi connectivity index (χ0n) is 18.9. The van der Waals surface area contributed by atoms with Crippen LogP contribution in [0.25, 0.3) is 0 Å². The average molecular weight is 426 g/mol. The Balaban J connectivity index is 1.50. The maximum absolute atomic E-state index is 13.2. The van der Waals surface area contributed by atoms with Gasteiger partial charge in [0.25, 0.3) is 5.91 Å². The zero-order chi connectivity index (χ0) is 21.6. The number of nitrogens with zero attached hydrogens (tertiary/aromatic N) is 3. The number of fused-ring (bicyclic) bond motifs is 3. The summed E-state index contributed by atoms with van der Waals surface area (Å²) in [5.74, 6) is 1.85. The van der Waals surface area contributed by atoms with Crippen molar-refractivity contribution in [1.29, 1.82) is 0 Å². The van der Waals surface area contributed by atoms with Gasteiger partial charge in [-0.05, 0) is 56.3 Å². The third-order valence-corrected chi connectivity index (χ3v) is 6.52. The molecule has 1 aromatic heterocycles. The van der Waals surface area contributed by atoms with Crippen LogP contribution in [0, 0.1) is 0 Å². The first kappa shape index (κ1) is 21.9. The van der Waals surface area contributed by atoms with Gasteiger partial charge in [-0.3, -0.25) is 9.69 Å². The monoisotopic (exact) mass is 425 g/mol. The van der Waals surface area contributed by atoms with E-state index in [4.69, 9.17) is 9.26 Å². The van der Waals surface area contributed by atoms with Crippen molar-refractivity contribution in [2.75, 3.05) is 32.8 Å². The van der Waals surface area contributed by atoms with Crippen LogP contribution in [0.3, 0.4) is 0 Å². The molecule has 0 N–H and O–H groups in total. The molecule has 1 amide bonds. The molecule has 1 aromatic carbocycles. The quantitative estimate of drug-likeness (QED) is 0.709. The summed E-state index contributed by atoms with van der Waals surface area (Å²) >= 11 is 0. The highest BCUT2D eigenvalue weighted by molar-refractivity contribution is 5.92. The van der Waals surface area contributed by atoms with Gasteiger partial charge < -0.3 is 14.2 Å². The standard InChI is InChI=1S/C25H35N3O3/c1-19(2)24-18-23(26-31-24)25(29)28-13-6-16-30-22-9-5-7-20(17-22)10-11-21-8-3-4-12-27(21)14-15-28/h5,7,9,17-19,21H,3-4,6,8,10-16H2,1-2H3. The van der Waals surface area contributed by atoms with Crippen LogP contribution in [0.15, 0.2) is 34.9 Å². The molecule has 1 unspecified atom stereocenters. The Morgan fingerprint density at radius 1 is 1.06 bits per heavy atom. The molecule has 2 aliphatic heterocycles. The largest absolute Gasteiger partial charge is 0.494 e. The second-order valence-electron chi connectivity index (χ2n) is 9.14. The molecule has 2 aliphatic rings. The number of hydrogen-bond donors (Lipinski definition) is 0. The van der Waals surface area contributed by atoms with E-state index in [1.54, 1.807) is 6.07 Å². The number of benzene rings is 1. The van der Waals surface area contributed by atoms with E-state index in [1.807, 2.05) is 24.8 Å².